The molecule has 18 heavy (non-hydrogen) atoms. The molecule has 1 N–H and O–H groups in total. The fourth-order valence-corrected chi connectivity index (χ4v) is 3.64. The van der Waals surface area contributed by atoms with Crippen molar-refractivity contribution in [3.63, 3.8) is 0 Å². The van der Waals surface area contributed by atoms with E-state index in [4.69, 9.17) is 4.74 Å². The van der Waals surface area contributed by atoms with Gasteiger partial charge in [-0.05, 0) is 44.6 Å². The van der Waals surface area contributed by atoms with Crippen molar-refractivity contribution in [3.05, 3.63) is 0 Å². The average molecular weight is 253 g/mol. The van der Waals surface area contributed by atoms with Crippen LogP contribution in [0.2, 0.25) is 0 Å². The first kappa shape index (κ1) is 14.3. The molecule has 0 aromatic carbocycles. The lowest BCUT2D eigenvalue weighted by Crippen LogP contribution is -2.33. The number of nitrogens with one attached hydrogen (secondary N) is 1. The van der Waals surface area contributed by atoms with E-state index in [0.717, 1.165) is 25.1 Å². The summed E-state index contributed by atoms with van der Waals surface area (Å²) in [6.45, 7) is 4.44. The van der Waals surface area contributed by atoms with Crippen LogP contribution in [0.15, 0.2) is 0 Å². The van der Waals surface area contributed by atoms with E-state index < -0.39 is 0 Å². The standard InChI is InChI=1S/C16H31NO/c1-2-14-8-6-11-16(14)17-12-7-13-18-15-9-4-3-5-10-15/h14-17H,2-13H2,1H3. The molecule has 0 aromatic rings. The maximum atomic E-state index is 5.96. The monoisotopic (exact) mass is 253 g/mol. The van der Waals surface area contributed by atoms with Crippen LogP contribution in [-0.4, -0.2) is 25.3 Å². The topological polar surface area (TPSA) is 21.3 Å². The summed E-state index contributed by atoms with van der Waals surface area (Å²) in [5.41, 5.74) is 0. The van der Waals surface area contributed by atoms with Gasteiger partial charge in [0.05, 0.1) is 6.10 Å². The zero-order valence-corrected chi connectivity index (χ0v) is 12.1. The molecule has 2 aliphatic carbocycles. The Kier molecular flexibility index (Phi) is 6.50. The summed E-state index contributed by atoms with van der Waals surface area (Å²) in [6, 6.07) is 0.796. The fourth-order valence-electron chi connectivity index (χ4n) is 3.64. The van der Waals surface area contributed by atoms with Crippen LogP contribution in [0.1, 0.15) is 71.1 Å². The van der Waals surface area contributed by atoms with E-state index >= 15 is 0 Å². The van der Waals surface area contributed by atoms with E-state index in [0.29, 0.717) is 6.10 Å². The van der Waals surface area contributed by atoms with Gasteiger partial charge in [-0.2, -0.15) is 0 Å². The first-order chi connectivity index (χ1) is 8.90. The number of hydrogen-bond acceptors (Lipinski definition) is 2. The van der Waals surface area contributed by atoms with Crippen LogP contribution >= 0.6 is 0 Å². The molecule has 0 amide bonds. The highest BCUT2D eigenvalue weighted by Gasteiger charge is 2.24. The molecule has 2 unspecified atom stereocenters. The molecule has 2 saturated carbocycles. The summed E-state index contributed by atoms with van der Waals surface area (Å²) < 4.78 is 5.96. The number of ether oxygens (including phenoxy) is 1. The van der Waals surface area contributed by atoms with E-state index in [2.05, 4.69) is 12.2 Å². The third-order valence-corrected chi connectivity index (χ3v) is 4.82. The van der Waals surface area contributed by atoms with Crippen molar-refractivity contribution in [2.24, 2.45) is 5.92 Å². The van der Waals surface area contributed by atoms with Crippen molar-refractivity contribution in [1.82, 2.24) is 5.32 Å². The molecule has 2 aliphatic rings. The molecule has 0 saturated heterocycles. The summed E-state index contributed by atoms with van der Waals surface area (Å²) in [7, 11) is 0. The van der Waals surface area contributed by atoms with Gasteiger partial charge in [-0.25, -0.2) is 0 Å². The predicted octanol–water partition coefficient (Wildman–Crippen LogP) is 3.89. The van der Waals surface area contributed by atoms with Gasteiger partial charge in [-0.3, -0.25) is 0 Å². The minimum absolute atomic E-state index is 0.577. The normalized spacial score (nSPS) is 29.8. The molecule has 106 valence electrons. The predicted molar refractivity (Wildman–Crippen MR) is 76.9 cm³/mol. The van der Waals surface area contributed by atoms with E-state index in [-0.39, 0.29) is 0 Å². The molecule has 0 heterocycles. The Morgan fingerprint density at radius 3 is 2.61 bits per heavy atom. The van der Waals surface area contributed by atoms with Crippen LogP contribution < -0.4 is 5.32 Å². The Bertz CT molecular complexity index is 213. The van der Waals surface area contributed by atoms with Crippen LogP contribution in [-0.2, 0) is 4.74 Å². The molecule has 2 fully saturated rings. The van der Waals surface area contributed by atoms with Gasteiger partial charge in [0.1, 0.15) is 0 Å². The third kappa shape index (κ3) is 4.55. The largest absolute Gasteiger partial charge is 0.378 e. The van der Waals surface area contributed by atoms with Gasteiger partial charge >= 0.3 is 0 Å². The van der Waals surface area contributed by atoms with E-state index in [1.165, 1.54) is 64.2 Å². The highest BCUT2D eigenvalue weighted by molar-refractivity contribution is 4.82. The Balaban J connectivity index is 1.48. The first-order valence-corrected chi connectivity index (χ1v) is 8.25. The van der Waals surface area contributed by atoms with E-state index in [9.17, 15) is 0 Å². The second kappa shape index (κ2) is 8.16. The Morgan fingerprint density at radius 1 is 1.00 bits per heavy atom. The van der Waals surface area contributed by atoms with Crippen molar-refractivity contribution >= 4 is 0 Å². The molecule has 0 aliphatic heterocycles. The third-order valence-electron chi connectivity index (χ3n) is 4.82. The van der Waals surface area contributed by atoms with Crippen molar-refractivity contribution < 1.29 is 4.74 Å². The zero-order chi connectivity index (χ0) is 12.6. The second-order valence-electron chi connectivity index (χ2n) is 6.14. The van der Waals surface area contributed by atoms with Gasteiger partial charge in [-0.1, -0.05) is 39.0 Å². The van der Waals surface area contributed by atoms with Crippen molar-refractivity contribution in [2.75, 3.05) is 13.2 Å². The highest BCUT2D eigenvalue weighted by Crippen LogP contribution is 2.27. The minimum Gasteiger partial charge on any atom is -0.378 e. The minimum atomic E-state index is 0.577. The molecule has 0 radical (unpaired) electrons. The highest BCUT2D eigenvalue weighted by atomic mass is 16.5. The average Bonchev–Trinajstić information content (AvgIpc) is 2.87. The van der Waals surface area contributed by atoms with Gasteiger partial charge in [0.15, 0.2) is 0 Å². The van der Waals surface area contributed by atoms with Crippen LogP contribution in [0.25, 0.3) is 0 Å². The zero-order valence-electron chi connectivity index (χ0n) is 12.1. The fraction of sp³-hybridized carbons (Fsp3) is 1.00. The van der Waals surface area contributed by atoms with Crippen LogP contribution in [0.5, 0.6) is 0 Å². The Morgan fingerprint density at radius 2 is 1.83 bits per heavy atom. The van der Waals surface area contributed by atoms with Crippen LogP contribution in [0.4, 0.5) is 0 Å². The first-order valence-electron chi connectivity index (χ1n) is 8.25. The molecule has 2 heteroatoms. The maximum Gasteiger partial charge on any atom is 0.0575 e. The lowest BCUT2D eigenvalue weighted by Gasteiger charge is -2.23. The number of rotatable bonds is 7. The summed E-state index contributed by atoms with van der Waals surface area (Å²) in [4.78, 5) is 0. The van der Waals surface area contributed by atoms with Gasteiger partial charge in [0, 0.05) is 12.6 Å². The Hall–Kier alpha value is -0.0800. The van der Waals surface area contributed by atoms with Crippen LogP contribution in [0.3, 0.4) is 0 Å². The second-order valence-corrected chi connectivity index (χ2v) is 6.14. The molecular weight excluding hydrogens is 222 g/mol. The molecule has 0 spiro atoms. The molecule has 2 rings (SSSR count). The van der Waals surface area contributed by atoms with Gasteiger partial charge in [-0.15, -0.1) is 0 Å². The molecular formula is C16H31NO. The van der Waals surface area contributed by atoms with E-state index in [1.807, 2.05) is 0 Å². The molecule has 2 atom stereocenters. The lowest BCUT2D eigenvalue weighted by molar-refractivity contribution is 0.0270. The molecule has 0 aromatic heterocycles. The molecule has 0 bridgehead atoms. The smallest absolute Gasteiger partial charge is 0.0575 e. The summed E-state index contributed by atoms with van der Waals surface area (Å²) in [5, 5.41) is 3.74. The van der Waals surface area contributed by atoms with Gasteiger partial charge in [0.2, 0.25) is 0 Å². The van der Waals surface area contributed by atoms with Crippen LogP contribution in [0, 0.1) is 5.92 Å². The quantitative estimate of drug-likeness (QED) is 0.695. The Labute approximate surface area is 113 Å². The summed E-state index contributed by atoms with van der Waals surface area (Å²) >= 11 is 0. The molecule has 2 nitrogen and oxygen atoms in total. The lowest BCUT2D eigenvalue weighted by atomic mass is 9.98. The van der Waals surface area contributed by atoms with Gasteiger partial charge in [0.25, 0.3) is 0 Å². The van der Waals surface area contributed by atoms with Gasteiger partial charge < -0.3 is 10.1 Å². The van der Waals surface area contributed by atoms with E-state index in [1.54, 1.807) is 0 Å². The summed E-state index contributed by atoms with van der Waals surface area (Å²) in [6.07, 6.45) is 14.1. The summed E-state index contributed by atoms with van der Waals surface area (Å²) in [5.74, 6) is 0.935. The maximum absolute atomic E-state index is 5.96. The van der Waals surface area contributed by atoms with Crippen molar-refractivity contribution in [3.8, 4) is 0 Å². The SMILES string of the molecule is CCC1CCCC1NCCCOC1CCCCC1. The van der Waals surface area contributed by atoms with Crippen molar-refractivity contribution in [2.45, 2.75) is 83.3 Å². The number of hydrogen-bond donors (Lipinski definition) is 1. The van der Waals surface area contributed by atoms with Crippen molar-refractivity contribution in [1.29, 1.82) is 0 Å².